The Balaban J connectivity index is 1.34. The predicted octanol–water partition coefficient (Wildman–Crippen LogP) is 4.98. The highest BCUT2D eigenvalue weighted by molar-refractivity contribution is 7.89. The number of rotatable bonds is 8. The van der Waals surface area contributed by atoms with Crippen molar-refractivity contribution in [2.75, 3.05) is 31.1 Å². The topological polar surface area (TPSA) is 107 Å². The molecule has 0 atom stereocenters. The van der Waals surface area contributed by atoms with Crippen LogP contribution in [0.4, 0.5) is 10.2 Å². The lowest BCUT2D eigenvalue weighted by atomic mass is 10.1. The van der Waals surface area contributed by atoms with Gasteiger partial charge in [0.25, 0.3) is 5.91 Å². The summed E-state index contributed by atoms with van der Waals surface area (Å²) in [5.41, 5.74) is 1.59. The van der Waals surface area contributed by atoms with Crippen molar-refractivity contribution in [1.82, 2.24) is 19.2 Å². The third-order valence-electron chi connectivity index (χ3n) is 6.88. The maximum Gasteiger partial charge on any atom is 0.253 e. The summed E-state index contributed by atoms with van der Waals surface area (Å²) in [5.74, 6) is -0.439. The van der Waals surface area contributed by atoms with E-state index in [4.69, 9.17) is 23.2 Å². The van der Waals surface area contributed by atoms with Crippen LogP contribution < -0.4 is 4.90 Å². The molecular formula is C29H26Cl2FN5O4S. The van der Waals surface area contributed by atoms with E-state index >= 15 is 0 Å². The van der Waals surface area contributed by atoms with Crippen molar-refractivity contribution in [2.24, 2.45) is 0 Å². The van der Waals surface area contributed by atoms with Gasteiger partial charge >= 0.3 is 0 Å². The van der Waals surface area contributed by atoms with Crippen LogP contribution in [-0.2, 0) is 23.1 Å². The van der Waals surface area contributed by atoms with Crippen molar-refractivity contribution < 1.29 is 22.7 Å². The lowest BCUT2D eigenvalue weighted by Gasteiger charge is -2.35. The van der Waals surface area contributed by atoms with Gasteiger partial charge in [-0.25, -0.2) is 17.8 Å². The number of hydrogen-bond acceptors (Lipinski definition) is 7. The Morgan fingerprint density at radius 1 is 0.929 bits per heavy atom. The highest BCUT2D eigenvalue weighted by Crippen LogP contribution is 2.36. The molecule has 1 amide bonds. The average Bonchev–Trinajstić information content (AvgIpc) is 3.00. The van der Waals surface area contributed by atoms with E-state index in [1.807, 2.05) is 0 Å². The SMILES string of the molecule is O=C(c1ccc(CN(Cc2ccc(F)cc2)S(=O)(=O)c2cc(Cl)cc(Cl)c2O)cc1)N1CCN(c2cnccn2)CC1. The number of piperazine rings is 1. The quantitative estimate of drug-likeness (QED) is 0.293. The van der Waals surface area contributed by atoms with Gasteiger partial charge in [0.1, 0.15) is 16.5 Å². The van der Waals surface area contributed by atoms with E-state index in [1.165, 1.54) is 30.3 Å². The molecule has 0 saturated carbocycles. The Labute approximate surface area is 252 Å². The first-order chi connectivity index (χ1) is 20.1. The second-order valence-corrected chi connectivity index (χ2v) is 12.4. The number of anilines is 1. The van der Waals surface area contributed by atoms with Crippen LogP contribution >= 0.6 is 23.2 Å². The number of amides is 1. The summed E-state index contributed by atoms with van der Waals surface area (Å²) in [5, 5.41) is 10.3. The van der Waals surface area contributed by atoms with Crippen molar-refractivity contribution in [1.29, 1.82) is 0 Å². The molecule has 1 fully saturated rings. The van der Waals surface area contributed by atoms with E-state index in [0.29, 0.717) is 42.9 Å². The zero-order valence-electron chi connectivity index (χ0n) is 22.2. The number of halogens is 3. The predicted molar refractivity (Wildman–Crippen MR) is 158 cm³/mol. The second kappa shape index (κ2) is 12.6. The first kappa shape index (κ1) is 29.7. The molecule has 0 aliphatic carbocycles. The number of carbonyl (C=O) groups excluding carboxylic acids is 1. The Morgan fingerprint density at radius 2 is 1.55 bits per heavy atom. The summed E-state index contributed by atoms with van der Waals surface area (Å²) >= 11 is 12.1. The van der Waals surface area contributed by atoms with Crippen LogP contribution in [0.2, 0.25) is 10.0 Å². The monoisotopic (exact) mass is 629 g/mol. The van der Waals surface area contributed by atoms with Crippen molar-refractivity contribution in [3.8, 4) is 5.75 Å². The zero-order chi connectivity index (χ0) is 29.9. The number of sulfonamides is 1. The van der Waals surface area contributed by atoms with E-state index in [-0.39, 0.29) is 29.0 Å². The number of nitrogens with zero attached hydrogens (tertiary/aromatic N) is 5. The van der Waals surface area contributed by atoms with Gasteiger partial charge in [-0.15, -0.1) is 0 Å². The summed E-state index contributed by atoms with van der Waals surface area (Å²) in [7, 11) is -4.32. The van der Waals surface area contributed by atoms with Gasteiger partial charge in [-0.1, -0.05) is 47.5 Å². The van der Waals surface area contributed by atoms with Crippen molar-refractivity contribution in [3.63, 3.8) is 0 Å². The van der Waals surface area contributed by atoms with Gasteiger partial charge in [0.05, 0.1) is 11.2 Å². The van der Waals surface area contributed by atoms with Gasteiger partial charge in [-0.2, -0.15) is 4.31 Å². The summed E-state index contributed by atoms with van der Waals surface area (Å²) in [6.45, 7) is 2.06. The molecule has 9 nitrogen and oxygen atoms in total. The molecule has 0 radical (unpaired) electrons. The van der Waals surface area contributed by atoms with E-state index in [1.54, 1.807) is 47.8 Å². The molecule has 1 N–H and O–H groups in total. The third kappa shape index (κ3) is 6.65. The molecule has 218 valence electrons. The molecule has 1 aromatic heterocycles. The number of hydrogen-bond donors (Lipinski definition) is 1. The third-order valence-corrected chi connectivity index (χ3v) is 9.19. The van der Waals surface area contributed by atoms with E-state index in [0.717, 1.165) is 16.2 Å². The first-order valence-corrected chi connectivity index (χ1v) is 15.1. The maximum absolute atomic E-state index is 13.7. The molecule has 42 heavy (non-hydrogen) atoms. The number of phenolic OH excluding ortho intramolecular Hbond substituents is 1. The molecule has 3 aromatic carbocycles. The molecule has 0 bridgehead atoms. The second-order valence-electron chi connectivity index (χ2n) is 9.67. The molecule has 13 heteroatoms. The van der Waals surface area contributed by atoms with Gasteiger partial charge in [0.15, 0.2) is 5.75 Å². The molecule has 0 spiro atoms. The summed E-state index contributed by atoms with van der Waals surface area (Å²) < 4.78 is 42.1. The number of phenols is 1. The van der Waals surface area contributed by atoms with Crippen LogP contribution in [0.25, 0.3) is 0 Å². The standard InChI is InChI=1S/C29H26Cl2FN5O4S/c30-23-15-25(31)28(38)26(16-23)42(40,41)37(19-21-3-7-24(32)8-4-21)18-20-1-5-22(6-2-20)29(39)36-13-11-35(12-14-36)27-17-33-9-10-34-27/h1-10,15-17,38H,11-14,18-19H2. The number of carbonyl (C=O) groups is 1. The summed E-state index contributed by atoms with van der Waals surface area (Å²) in [6.07, 6.45) is 4.94. The van der Waals surface area contributed by atoms with E-state index in [9.17, 15) is 22.7 Å². The molecule has 2 heterocycles. The Morgan fingerprint density at radius 3 is 2.14 bits per heavy atom. The van der Waals surface area contributed by atoms with Crippen LogP contribution in [0.5, 0.6) is 5.75 Å². The highest BCUT2D eigenvalue weighted by Gasteiger charge is 2.30. The van der Waals surface area contributed by atoms with Crippen LogP contribution in [-0.4, -0.2) is 64.8 Å². The molecule has 1 aliphatic heterocycles. The van der Waals surface area contributed by atoms with Crippen molar-refractivity contribution >= 4 is 45.0 Å². The van der Waals surface area contributed by atoms with Crippen molar-refractivity contribution in [2.45, 2.75) is 18.0 Å². The Bertz CT molecular complexity index is 1670. The summed E-state index contributed by atoms with van der Waals surface area (Å²) in [6, 6.07) is 14.5. The van der Waals surface area contributed by atoms with Gasteiger partial charge in [-0.05, 0) is 47.5 Å². The van der Waals surface area contributed by atoms with Crippen LogP contribution in [0.15, 0.2) is 84.1 Å². The van der Waals surface area contributed by atoms with Gasteiger partial charge in [0, 0.05) is 62.2 Å². The molecular weight excluding hydrogens is 604 g/mol. The number of aromatic nitrogens is 2. The van der Waals surface area contributed by atoms with Gasteiger partial charge in [0.2, 0.25) is 10.0 Å². The van der Waals surface area contributed by atoms with E-state index < -0.39 is 26.5 Å². The molecule has 1 saturated heterocycles. The molecule has 5 rings (SSSR count). The fourth-order valence-corrected chi connectivity index (χ4v) is 6.79. The summed E-state index contributed by atoms with van der Waals surface area (Å²) in [4.78, 5) is 25.0. The normalized spacial score (nSPS) is 13.9. The van der Waals surface area contributed by atoms with Crippen LogP contribution in [0, 0.1) is 5.82 Å². The van der Waals surface area contributed by atoms with Crippen LogP contribution in [0.1, 0.15) is 21.5 Å². The fraction of sp³-hybridized carbons (Fsp3) is 0.207. The smallest absolute Gasteiger partial charge is 0.253 e. The number of aromatic hydroxyl groups is 1. The minimum Gasteiger partial charge on any atom is -0.505 e. The molecule has 0 unspecified atom stereocenters. The van der Waals surface area contributed by atoms with Crippen LogP contribution in [0.3, 0.4) is 0 Å². The number of benzene rings is 3. The lowest BCUT2D eigenvalue weighted by Crippen LogP contribution is -2.49. The van der Waals surface area contributed by atoms with Crippen molar-refractivity contribution in [3.05, 3.63) is 112 Å². The van der Waals surface area contributed by atoms with Gasteiger partial charge < -0.3 is 14.9 Å². The molecule has 1 aliphatic rings. The zero-order valence-corrected chi connectivity index (χ0v) is 24.5. The Kier molecular flexibility index (Phi) is 8.93. The average molecular weight is 631 g/mol. The fourth-order valence-electron chi connectivity index (χ4n) is 4.63. The minimum absolute atomic E-state index is 0.0403. The highest BCUT2D eigenvalue weighted by atomic mass is 35.5. The first-order valence-electron chi connectivity index (χ1n) is 12.9. The Hall–Kier alpha value is -3.77. The maximum atomic E-state index is 13.7. The largest absolute Gasteiger partial charge is 0.505 e. The van der Waals surface area contributed by atoms with E-state index in [2.05, 4.69) is 14.9 Å². The lowest BCUT2D eigenvalue weighted by molar-refractivity contribution is 0.0746. The minimum atomic E-state index is -4.32. The van der Waals surface area contributed by atoms with Gasteiger partial charge in [-0.3, -0.25) is 9.78 Å². The molecule has 4 aromatic rings.